The largest absolute Gasteiger partial charge is 0.391 e. The number of hydrogen-bond donors (Lipinski definition) is 3. The van der Waals surface area contributed by atoms with Crippen LogP contribution in [0.1, 0.15) is 21.6 Å². The van der Waals surface area contributed by atoms with Gasteiger partial charge in [0.25, 0.3) is 5.91 Å². The summed E-state index contributed by atoms with van der Waals surface area (Å²) in [5.74, 6) is -0.468. The van der Waals surface area contributed by atoms with E-state index in [4.69, 9.17) is 5.73 Å². The molecule has 0 aliphatic heterocycles. The second kappa shape index (κ2) is 9.02. The van der Waals surface area contributed by atoms with Crippen molar-refractivity contribution >= 4 is 5.91 Å². The summed E-state index contributed by atoms with van der Waals surface area (Å²) in [5.41, 5.74) is 7.62. The maximum atomic E-state index is 11.3. The third-order valence-corrected chi connectivity index (χ3v) is 3.52. The van der Waals surface area contributed by atoms with Crippen LogP contribution in [0.25, 0.3) is 0 Å². The lowest BCUT2D eigenvalue weighted by atomic mass is 10.1. The summed E-state index contributed by atoms with van der Waals surface area (Å²) in [4.78, 5) is 15.5. The molecule has 5 heteroatoms. The zero-order chi connectivity index (χ0) is 16.5. The van der Waals surface area contributed by atoms with E-state index in [0.717, 1.165) is 6.42 Å². The number of pyridine rings is 1. The molecule has 0 bridgehead atoms. The highest BCUT2D eigenvalue weighted by Crippen LogP contribution is 2.05. The van der Waals surface area contributed by atoms with Crippen LogP contribution in [0.4, 0.5) is 0 Å². The van der Waals surface area contributed by atoms with Gasteiger partial charge in [-0.2, -0.15) is 0 Å². The number of aliphatic hydroxyl groups is 1. The number of amides is 1. The van der Waals surface area contributed by atoms with Crippen LogP contribution in [0.15, 0.2) is 48.7 Å². The van der Waals surface area contributed by atoms with Crippen LogP contribution in [0.3, 0.4) is 0 Å². The molecule has 0 aliphatic carbocycles. The Morgan fingerprint density at radius 1 is 1.26 bits per heavy atom. The number of aliphatic hydroxyl groups excluding tert-OH is 1. The molecule has 0 aliphatic rings. The van der Waals surface area contributed by atoms with Crippen molar-refractivity contribution in [3.05, 3.63) is 71.9 Å². The van der Waals surface area contributed by atoms with E-state index in [1.54, 1.807) is 18.3 Å². The second-order valence-corrected chi connectivity index (χ2v) is 5.31. The third-order valence-electron chi connectivity index (χ3n) is 3.52. The number of nitrogens with two attached hydrogens (primary N) is 1. The summed E-state index contributed by atoms with van der Waals surface area (Å²) in [6.45, 7) is 1.08. The number of benzene rings is 1. The second-order valence-electron chi connectivity index (χ2n) is 5.31. The maximum Gasteiger partial charge on any atom is 0.250 e. The van der Waals surface area contributed by atoms with Crippen LogP contribution in [0.5, 0.6) is 0 Å². The van der Waals surface area contributed by atoms with E-state index < -0.39 is 12.0 Å². The topological polar surface area (TPSA) is 88.2 Å². The molecular weight excluding hydrogens is 290 g/mol. The molecule has 4 N–H and O–H groups in total. The van der Waals surface area contributed by atoms with E-state index >= 15 is 0 Å². The number of carbonyl (C=O) groups is 1. The predicted octanol–water partition coefficient (Wildman–Crippen LogP) is 1.12. The van der Waals surface area contributed by atoms with Gasteiger partial charge in [0.05, 0.1) is 17.4 Å². The summed E-state index contributed by atoms with van der Waals surface area (Å²) in [6.07, 6.45) is 4.32. The molecular formula is C18H22N3O2. The normalized spacial score (nSPS) is 12.0. The molecule has 1 heterocycles. The molecule has 23 heavy (non-hydrogen) atoms. The molecule has 121 valence electrons. The van der Waals surface area contributed by atoms with Gasteiger partial charge in [0.2, 0.25) is 0 Å². The lowest BCUT2D eigenvalue weighted by Crippen LogP contribution is -2.29. The van der Waals surface area contributed by atoms with Gasteiger partial charge in [-0.3, -0.25) is 9.78 Å². The van der Waals surface area contributed by atoms with Crippen molar-refractivity contribution in [1.29, 1.82) is 0 Å². The average Bonchev–Trinajstić information content (AvgIpc) is 2.58. The van der Waals surface area contributed by atoms with Gasteiger partial charge in [0.1, 0.15) is 0 Å². The van der Waals surface area contributed by atoms with Gasteiger partial charge in [-0.05, 0) is 30.5 Å². The van der Waals surface area contributed by atoms with Gasteiger partial charge in [0.15, 0.2) is 0 Å². The summed E-state index contributed by atoms with van der Waals surface area (Å²) >= 11 is 0. The number of hydrogen-bond acceptors (Lipinski definition) is 4. The van der Waals surface area contributed by atoms with E-state index in [2.05, 4.69) is 10.3 Å². The number of nitrogens with zero attached hydrogens (tertiary/aromatic N) is 1. The first kappa shape index (κ1) is 17.1. The van der Waals surface area contributed by atoms with Crippen molar-refractivity contribution in [3.63, 3.8) is 0 Å². The first-order valence-corrected chi connectivity index (χ1v) is 7.66. The van der Waals surface area contributed by atoms with E-state index in [-0.39, 0.29) is 0 Å². The molecule has 0 unspecified atom stereocenters. The maximum absolute atomic E-state index is 11.3. The van der Waals surface area contributed by atoms with Crippen molar-refractivity contribution < 1.29 is 9.90 Å². The van der Waals surface area contributed by atoms with Gasteiger partial charge >= 0.3 is 0 Å². The number of rotatable bonds is 9. The van der Waals surface area contributed by atoms with E-state index in [1.807, 2.05) is 36.8 Å². The highest BCUT2D eigenvalue weighted by molar-refractivity contribution is 5.93. The van der Waals surface area contributed by atoms with Crippen LogP contribution in [-0.4, -0.2) is 35.2 Å². The average molecular weight is 312 g/mol. The number of carbonyl (C=O) groups excluding carboxylic acids is 1. The fourth-order valence-electron chi connectivity index (χ4n) is 2.29. The Morgan fingerprint density at radius 2 is 2.04 bits per heavy atom. The van der Waals surface area contributed by atoms with Crippen molar-refractivity contribution in [2.45, 2.75) is 18.9 Å². The first-order chi connectivity index (χ1) is 11.2. The number of nitrogens with one attached hydrogen (secondary N) is 1. The standard InChI is InChI=1S/C18H22N3O2/c19-18(23)16-7-4-11-21-17(16)10-12-20-13-15(22)9-8-14-5-2-1-3-6-14/h1-7,9,11,15,20,22H,8,10,12-13H2,(H2,19,23)/t15-/m1/s1. The van der Waals surface area contributed by atoms with Crippen LogP contribution in [0.2, 0.25) is 0 Å². The first-order valence-electron chi connectivity index (χ1n) is 7.66. The SMILES string of the molecule is NC(=O)c1cccnc1CCNC[C@H](O)[CH]Cc1ccccc1. The van der Waals surface area contributed by atoms with Crippen LogP contribution in [-0.2, 0) is 12.8 Å². The number of primary amides is 1. The summed E-state index contributed by atoms with van der Waals surface area (Å²) < 4.78 is 0. The summed E-state index contributed by atoms with van der Waals surface area (Å²) in [6, 6.07) is 13.4. The molecule has 2 rings (SSSR count). The molecule has 0 saturated carbocycles. The van der Waals surface area contributed by atoms with Crippen LogP contribution >= 0.6 is 0 Å². The zero-order valence-corrected chi connectivity index (χ0v) is 13.0. The smallest absolute Gasteiger partial charge is 0.250 e. The molecule has 0 fully saturated rings. The minimum atomic E-state index is -0.519. The molecule has 1 amide bonds. The Hall–Kier alpha value is -2.24. The molecule has 0 spiro atoms. The van der Waals surface area contributed by atoms with Gasteiger partial charge < -0.3 is 16.2 Å². The Morgan fingerprint density at radius 3 is 2.78 bits per heavy atom. The molecule has 2 aromatic rings. The Balaban J connectivity index is 1.68. The van der Waals surface area contributed by atoms with E-state index in [0.29, 0.717) is 30.8 Å². The van der Waals surface area contributed by atoms with Crippen LogP contribution < -0.4 is 11.1 Å². The molecule has 1 atom stereocenters. The van der Waals surface area contributed by atoms with Crippen molar-refractivity contribution in [1.82, 2.24) is 10.3 Å². The fourth-order valence-corrected chi connectivity index (χ4v) is 2.29. The third kappa shape index (κ3) is 5.81. The Bertz CT molecular complexity index is 617. The molecule has 0 saturated heterocycles. The van der Waals surface area contributed by atoms with Gasteiger partial charge in [-0.25, -0.2) is 0 Å². The Labute approximate surface area is 136 Å². The highest BCUT2D eigenvalue weighted by atomic mass is 16.3. The zero-order valence-electron chi connectivity index (χ0n) is 13.0. The predicted molar refractivity (Wildman–Crippen MR) is 89.8 cm³/mol. The minimum absolute atomic E-state index is 0.450. The fraction of sp³-hybridized carbons (Fsp3) is 0.278. The van der Waals surface area contributed by atoms with E-state index in [1.165, 1.54) is 5.56 Å². The lowest BCUT2D eigenvalue weighted by Gasteiger charge is -2.12. The molecule has 1 radical (unpaired) electrons. The van der Waals surface area contributed by atoms with Gasteiger partial charge in [0, 0.05) is 25.7 Å². The van der Waals surface area contributed by atoms with Gasteiger partial charge in [-0.15, -0.1) is 0 Å². The summed E-state index contributed by atoms with van der Waals surface area (Å²) in [5, 5.41) is 13.1. The van der Waals surface area contributed by atoms with Gasteiger partial charge in [-0.1, -0.05) is 30.3 Å². The van der Waals surface area contributed by atoms with Crippen molar-refractivity contribution in [2.75, 3.05) is 13.1 Å². The minimum Gasteiger partial charge on any atom is -0.391 e. The van der Waals surface area contributed by atoms with Crippen LogP contribution in [0, 0.1) is 6.42 Å². The quantitative estimate of drug-likeness (QED) is 0.605. The Kier molecular flexibility index (Phi) is 6.72. The molecule has 1 aromatic heterocycles. The molecule has 1 aromatic carbocycles. The highest BCUT2D eigenvalue weighted by Gasteiger charge is 2.09. The number of aromatic nitrogens is 1. The monoisotopic (exact) mass is 312 g/mol. The van der Waals surface area contributed by atoms with E-state index in [9.17, 15) is 9.90 Å². The summed E-state index contributed by atoms with van der Waals surface area (Å²) in [7, 11) is 0. The molecule has 5 nitrogen and oxygen atoms in total. The van der Waals surface area contributed by atoms with Crippen molar-refractivity contribution in [3.8, 4) is 0 Å². The lowest BCUT2D eigenvalue weighted by molar-refractivity contribution is 0.0999. The van der Waals surface area contributed by atoms with Crippen molar-refractivity contribution in [2.24, 2.45) is 5.73 Å².